The summed E-state index contributed by atoms with van der Waals surface area (Å²) < 4.78 is 31.2. The molecule has 106 valence electrons. The number of nitrogens with one attached hydrogen (secondary N) is 3. The van der Waals surface area contributed by atoms with E-state index in [1.165, 1.54) is 19.2 Å². The van der Waals surface area contributed by atoms with Crippen LogP contribution < -0.4 is 20.7 Å². The summed E-state index contributed by atoms with van der Waals surface area (Å²) in [4.78, 5) is 25.7. The zero-order valence-corrected chi connectivity index (χ0v) is 11.2. The zero-order valence-electron chi connectivity index (χ0n) is 10.3. The maximum Gasteiger partial charge on any atom is 0.325 e. The number of hydrogen-bond donors (Lipinski definition) is 3. The lowest BCUT2D eigenvalue weighted by molar-refractivity contribution is 0.415. The van der Waals surface area contributed by atoms with Gasteiger partial charge in [-0.15, -0.1) is 0 Å². The molecule has 0 aliphatic heterocycles. The van der Waals surface area contributed by atoms with Crippen LogP contribution in [0.4, 0.5) is 5.69 Å². The number of anilines is 1. The molecule has 0 saturated carbocycles. The Hall–Kier alpha value is -2.55. The highest BCUT2D eigenvalue weighted by atomic mass is 32.2. The highest BCUT2D eigenvalue weighted by molar-refractivity contribution is 7.92. The Morgan fingerprint density at radius 2 is 1.80 bits per heavy atom. The van der Waals surface area contributed by atoms with Gasteiger partial charge in [0.2, 0.25) is 0 Å². The van der Waals surface area contributed by atoms with Crippen molar-refractivity contribution in [1.29, 1.82) is 0 Å². The van der Waals surface area contributed by atoms with Gasteiger partial charge in [0.1, 0.15) is 5.75 Å². The maximum absolute atomic E-state index is 12.0. The van der Waals surface area contributed by atoms with Gasteiger partial charge in [0, 0.05) is 11.9 Å². The van der Waals surface area contributed by atoms with Crippen molar-refractivity contribution in [2.45, 2.75) is 4.90 Å². The predicted molar refractivity (Wildman–Crippen MR) is 71.5 cm³/mol. The predicted octanol–water partition coefficient (Wildman–Crippen LogP) is -0.127. The van der Waals surface area contributed by atoms with Crippen molar-refractivity contribution in [2.75, 3.05) is 11.8 Å². The average molecular weight is 297 g/mol. The lowest BCUT2D eigenvalue weighted by Crippen LogP contribution is -2.29. The van der Waals surface area contributed by atoms with Gasteiger partial charge in [-0.1, -0.05) is 0 Å². The van der Waals surface area contributed by atoms with Crippen LogP contribution in [0, 0.1) is 0 Å². The highest BCUT2D eigenvalue weighted by Crippen LogP contribution is 2.17. The van der Waals surface area contributed by atoms with Crippen molar-refractivity contribution >= 4 is 15.7 Å². The molecule has 0 aliphatic carbocycles. The van der Waals surface area contributed by atoms with Crippen molar-refractivity contribution in [2.24, 2.45) is 0 Å². The van der Waals surface area contributed by atoms with Gasteiger partial charge in [0.05, 0.1) is 7.11 Å². The molecule has 0 unspecified atom stereocenters. The summed E-state index contributed by atoms with van der Waals surface area (Å²) in [5, 5.41) is 0. The largest absolute Gasteiger partial charge is 0.497 e. The molecular formula is C11H11N3O5S. The highest BCUT2D eigenvalue weighted by Gasteiger charge is 2.18. The minimum absolute atomic E-state index is 0.261. The summed E-state index contributed by atoms with van der Waals surface area (Å²) in [6.45, 7) is 0. The van der Waals surface area contributed by atoms with Crippen LogP contribution in [0.2, 0.25) is 0 Å². The van der Waals surface area contributed by atoms with Crippen molar-refractivity contribution < 1.29 is 13.2 Å². The summed E-state index contributed by atoms with van der Waals surface area (Å²) >= 11 is 0. The second-order valence-corrected chi connectivity index (χ2v) is 5.42. The number of benzene rings is 1. The van der Waals surface area contributed by atoms with Crippen LogP contribution in [-0.4, -0.2) is 25.5 Å². The van der Waals surface area contributed by atoms with Gasteiger partial charge < -0.3 is 9.72 Å². The number of hydrogen-bond acceptors (Lipinski definition) is 5. The van der Waals surface area contributed by atoms with Crippen molar-refractivity contribution in [1.82, 2.24) is 9.97 Å². The van der Waals surface area contributed by atoms with Crippen LogP contribution in [0.1, 0.15) is 0 Å². The molecule has 0 aliphatic rings. The molecular weight excluding hydrogens is 286 g/mol. The molecule has 8 nitrogen and oxygen atoms in total. The lowest BCUT2D eigenvalue weighted by atomic mass is 10.3. The molecule has 1 aromatic heterocycles. The Kier molecular flexibility index (Phi) is 3.61. The van der Waals surface area contributed by atoms with E-state index in [1.54, 1.807) is 12.1 Å². The normalized spacial score (nSPS) is 11.1. The standard InChI is InChI=1S/C11H11N3O5S/c1-19-8-4-2-7(3-5-8)14-20(17,18)9-6-12-11(16)13-10(9)15/h2-6,14H,1H3,(H2,12,13,15,16). The van der Waals surface area contributed by atoms with Crippen LogP contribution >= 0.6 is 0 Å². The molecule has 1 aromatic carbocycles. The van der Waals surface area contributed by atoms with E-state index < -0.39 is 26.2 Å². The van der Waals surface area contributed by atoms with Crippen LogP contribution in [0.5, 0.6) is 5.75 Å². The summed E-state index contributed by atoms with van der Waals surface area (Å²) in [6, 6.07) is 6.09. The topological polar surface area (TPSA) is 121 Å². The number of H-pyrrole nitrogens is 2. The zero-order chi connectivity index (χ0) is 14.8. The molecule has 0 radical (unpaired) electrons. The summed E-state index contributed by atoms with van der Waals surface area (Å²) in [5.74, 6) is 0.565. The Morgan fingerprint density at radius 1 is 1.15 bits per heavy atom. The summed E-state index contributed by atoms with van der Waals surface area (Å²) in [6.07, 6.45) is 0.840. The summed E-state index contributed by atoms with van der Waals surface area (Å²) in [5.41, 5.74) is -1.51. The molecule has 0 saturated heterocycles. The first kappa shape index (κ1) is 13.9. The Balaban J connectivity index is 2.35. The monoisotopic (exact) mass is 297 g/mol. The Bertz CT molecular complexity index is 820. The van der Waals surface area contributed by atoms with E-state index in [1.807, 2.05) is 4.98 Å². The van der Waals surface area contributed by atoms with Crippen LogP contribution in [0.3, 0.4) is 0 Å². The molecule has 0 bridgehead atoms. The van der Waals surface area contributed by atoms with Gasteiger partial charge in [-0.05, 0) is 24.3 Å². The van der Waals surface area contributed by atoms with E-state index in [0.717, 1.165) is 6.20 Å². The van der Waals surface area contributed by atoms with Crippen molar-refractivity contribution in [3.63, 3.8) is 0 Å². The minimum atomic E-state index is -4.09. The third kappa shape index (κ3) is 2.88. The molecule has 1 heterocycles. The molecule has 2 rings (SSSR count). The van der Waals surface area contributed by atoms with Gasteiger partial charge in [-0.3, -0.25) is 14.5 Å². The van der Waals surface area contributed by atoms with Crippen molar-refractivity contribution in [3.05, 3.63) is 51.3 Å². The quantitative estimate of drug-likeness (QED) is 0.726. The molecule has 0 spiro atoms. The maximum atomic E-state index is 12.0. The molecule has 0 amide bonds. The second-order valence-electron chi connectivity index (χ2n) is 3.77. The fraction of sp³-hybridized carbons (Fsp3) is 0.0909. The number of methoxy groups -OCH3 is 1. The number of rotatable bonds is 4. The van der Waals surface area contributed by atoms with Gasteiger partial charge >= 0.3 is 5.69 Å². The second kappa shape index (κ2) is 5.21. The fourth-order valence-electron chi connectivity index (χ4n) is 1.47. The summed E-state index contributed by atoms with van der Waals surface area (Å²) in [7, 11) is -2.60. The van der Waals surface area contributed by atoms with Crippen LogP contribution in [-0.2, 0) is 10.0 Å². The van der Waals surface area contributed by atoms with E-state index in [-0.39, 0.29) is 5.69 Å². The van der Waals surface area contributed by atoms with Crippen molar-refractivity contribution in [3.8, 4) is 5.75 Å². The first-order valence-corrected chi connectivity index (χ1v) is 6.89. The fourth-order valence-corrected chi connectivity index (χ4v) is 2.53. The molecule has 0 atom stereocenters. The number of sulfonamides is 1. The number of aromatic nitrogens is 2. The molecule has 9 heteroatoms. The van der Waals surface area contributed by atoms with Gasteiger partial charge in [0.25, 0.3) is 15.6 Å². The SMILES string of the molecule is COc1ccc(NS(=O)(=O)c2c[nH]c(=O)[nH]c2=O)cc1. The minimum Gasteiger partial charge on any atom is -0.497 e. The van der Waals surface area contributed by atoms with Gasteiger partial charge in [-0.2, -0.15) is 0 Å². The van der Waals surface area contributed by atoms with Crippen LogP contribution in [0.15, 0.2) is 44.9 Å². The lowest BCUT2D eigenvalue weighted by Gasteiger charge is -2.07. The van der Waals surface area contributed by atoms with Gasteiger partial charge in [0.15, 0.2) is 4.90 Å². The number of aromatic amines is 2. The number of ether oxygens (including phenoxy) is 1. The van der Waals surface area contributed by atoms with Gasteiger partial charge in [-0.25, -0.2) is 13.2 Å². The third-order valence-corrected chi connectivity index (χ3v) is 3.80. The Morgan fingerprint density at radius 3 is 2.35 bits per heavy atom. The van der Waals surface area contributed by atoms with E-state index in [0.29, 0.717) is 5.75 Å². The Labute approximate surface area is 113 Å². The first-order chi connectivity index (χ1) is 9.42. The molecule has 0 fully saturated rings. The third-order valence-electron chi connectivity index (χ3n) is 2.42. The smallest absolute Gasteiger partial charge is 0.325 e. The molecule has 2 aromatic rings. The molecule has 3 N–H and O–H groups in total. The van der Waals surface area contributed by atoms with E-state index in [2.05, 4.69) is 9.71 Å². The first-order valence-electron chi connectivity index (χ1n) is 5.41. The van der Waals surface area contributed by atoms with E-state index in [4.69, 9.17) is 4.74 Å². The molecule has 20 heavy (non-hydrogen) atoms. The van der Waals surface area contributed by atoms with E-state index >= 15 is 0 Å². The van der Waals surface area contributed by atoms with Crippen LogP contribution in [0.25, 0.3) is 0 Å². The average Bonchev–Trinajstić information content (AvgIpc) is 2.38. The van der Waals surface area contributed by atoms with E-state index in [9.17, 15) is 18.0 Å².